The quantitative estimate of drug-likeness (QED) is 0.197. The molecule has 0 bridgehead atoms. The first kappa shape index (κ1) is 24.8. The van der Waals surface area contributed by atoms with E-state index in [4.69, 9.17) is 13.3 Å². The third kappa shape index (κ3) is 3.43. The predicted octanol–water partition coefficient (Wildman–Crippen LogP) is 11.8. The number of benzene rings is 6. The van der Waals surface area contributed by atoms with Gasteiger partial charge in [-0.05, 0) is 93.7 Å². The molecule has 0 spiro atoms. The number of nitrogens with zero attached hydrogens (tertiary/aromatic N) is 2. The van der Waals surface area contributed by atoms with Gasteiger partial charge < -0.3 is 13.3 Å². The maximum atomic E-state index is 6.80. The third-order valence-electron chi connectivity index (χ3n) is 9.65. The number of pyridine rings is 2. The first-order valence-electron chi connectivity index (χ1n) is 15.6. The highest BCUT2D eigenvalue weighted by molar-refractivity contribution is 6.29. The van der Waals surface area contributed by atoms with Crippen LogP contribution in [0.1, 0.15) is 0 Å². The fourth-order valence-corrected chi connectivity index (χ4v) is 7.54. The standard InChI is InChI=1S/C42H22N2O3/c1-3-7-35-25(5-1)31-17-23(9-11-37(31)45-35)29-19-39-41(27-13-15-43-21-33(27)29)42-28-14-16-44-22-34(28)30(20-40(42)47-39)24-10-12-38-32(18-24)26-6-2-4-8-36(26)46-38/h1-22H. The minimum Gasteiger partial charge on any atom is -0.456 e. The smallest absolute Gasteiger partial charge is 0.136 e. The SMILES string of the molecule is c1ccc2c(c1)oc1ccc(-c3cc4oc5cc(-c6ccc7oc8ccccc8c7c6)c6cnccc6c5c4c4ccncc34)cc12. The van der Waals surface area contributed by atoms with E-state index in [9.17, 15) is 0 Å². The summed E-state index contributed by atoms with van der Waals surface area (Å²) >= 11 is 0. The second kappa shape index (κ2) is 9.05. The molecule has 5 nitrogen and oxygen atoms in total. The van der Waals surface area contributed by atoms with E-state index < -0.39 is 0 Å². The Morgan fingerprint density at radius 3 is 1.30 bits per heavy atom. The molecule has 5 heterocycles. The summed E-state index contributed by atoms with van der Waals surface area (Å²) in [5, 5.41) is 10.9. The fourth-order valence-electron chi connectivity index (χ4n) is 7.54. The maximum Gasteiger partial charge on any atom is 0.136 e. The van der Waals surface area contributed by atoms with Crippen LogP contribution in [0, 0.1) is 0 Å². The zero-order valence-corrected chi connectivity index (χ0v) is 24.8. The maximum absolute atomic E-state index is 6.80. The van der Waals surface area contributed by atoms with Crippen molar-refractivity contribution in [2.75, 3.05) is 0 Å². The monoisotopic (exact) mass is 602 g/mol. The summed E-state index contributed by atoms with van der Waals surface area (Å²) in [4.78, 5) is 9.13. The van der Waals surface area contributed by atoms with E-state index in [1.54, 1.807) is 0 Å². The van der Waals surface area contributed by atoms with Crippen molar-refractivity contribution in [2.24, 2.45) is 0 Å². The van der Waals surface area contributed by atoms with Crippen LogP contribution in [0.3, 0.4) is 0 Å². The predicted molar refractivity (Wildman–Crippen MR) is 190 cm³/mol. The number of hydrogen-bond acceptors (Lipinski definition) is 5. The van der Waals surface area contributed by atoms with Gasteiger partial charge in [-0.1, -0.05) is 48.5 Å². The number of aromatic nitrogens is 2. The zero-order chi connectivity index (χ0) is 30.6. The van der Waals surface area contributed by atoms with Crippen LogP contribution in [0.2, 0.25) is 0 Å². The van der Waals surface area contributed by atoms with Gasteiger partial charge in [-0.25, -0.2) is 0 Å². The lowest BCUT2D eigenvalue weighted by molar-refractivity contribution is 0.668. The largest absolute Gasteiger partial charge is 0.456 e. The number of para-hydroxylation sites is 2. The van der Waals surface area contributed by atoms with Crippen molar-refractivity contribution in [3.63, 3.8) is 0 Å². The fraction of sp³-hybridized carbons (Fsp3) is 0. The molecular formula is C42H22N2O3. The summed E-state index contributed by atoms with van der Waals surface area (Å²) in [5.74, 6) is 0. The lowest BCUT2D eigenvalue weighted by Crippen LogP contribution is -1.86. The molecule has 0 saturated heterocycles. The van der Waals surface area contributed by atoms with Gasteiger partial charge in [0, 0.05) is 67.9 Å². The molecule has 47 heavy (non-hydrogen) atoms. The Morgan fingerprint density at radius 2 is 0.787 bits per heavy atom. The van der Waals surface area contributed by atoms with Crippen LogP contribution in [0.5, 0.6) is 0 Å². The molecule has 0 aliphatic carbocycles. The lowest BCUT2D eigenvalue weighted by atomic mass is 9.92. The Labute approximate surface area is 266 Å². The molecular weight excluding hydrogens is 580 g/mol. The molecule has 0 aliphatic rings. The summed E-state index contributed by atoms with van der Waals surface area (Å²) < 4.78 is 19.1. The Hall–Kier alpha value is -6.46. The van der Waals surface area contributed by atoms with E-state index in [1.807, 2.05) is 61.2 Å². The second-order valence-corrected chi connectivity index (χ2v) is 12.2. The van der Waals surface area contributed by atoms with Crippen LogP contribution in [-0.2, 0) is 0 Å². The van der Waals surface area contributed by atoms with Crippen molar-refractivity contribution in [1.29, 1.82) is 0 Å². The molecule has 5 aromatic heterocycles. The van der Waals surface area contributed by atoms with Gasteiger partial charge in [0.15, 0.2) is 0 Å². The summed E-state index contributed by atoms with van der Waals surface area (Å²) in [6.07, 6.45) is 7.64. The summed E-state index contributed by atoms with van der Waals surface area (Å²) in [7, 11) is 0. The number of rotatable bonds is 2. The highest BCUT2D eigenvalue weighted by Crippen LogP contribution is 2.45. The molecule has 5 heteroatoms. The Kier molecular flexibility index (Phi) is 4.78. The third-order valence-corrected chi connectivity index (χ3v) is 9.65. The molecule has 6 aromatic carbocycles. The van der Waals surface area contributed by atoms with E-state index in [2.05, 4.69) is 82.8 Å². The van der Waals surface area contributed by atoms with E-state index in [0.717, 1.165) is 110 Å². The zero-order valence-electron chi connectivity index (χ0n) is 24.8. The van der Waals surface area contributed by atoms with Crippen LogP contribution in [-0.4, -0.2) is 9.97 Å². The first-order chi connectivity index (χ1) is 23.3. The summed E-state index contributed by atoms with van der Waals surface area (Å²) in [5.41, 5.74) is 9.47. The number of hydrogen-bond donors (Lipinski definition) is 0. The molecule has 0 saturated carbocycles. The van der Waals surface area contributed by atoms with Gasteiger partial charge in [0.25, 0.3) is 0 Å². The molecule has 0 amide bonds. The van der Waals surface area contributed by atoms with Crippen molar-refractivity contribution in [3.05, 3.63) is 134 Å². The topological polar surface area (TPSA) is 65.2 Å². The minimum atomic E-state index is 0.831. The van der Waals surface area contributed by atoms with Gasteiger partial charge in [-0.15, -0.1) is 0 Å². The molecule has 0 atom stereocenters. The van der Waals surface area contributed by atoms with E-state index in [-0.39, 0.29) is 0 Å². The number of fused-ring (bicyclic) bond motifs is 13. The van der Waals surface area contributed by atoms with Crippen molar-refractivity contribution in [2.45, 2.75) is 0 Å². The van der Waals surface area contributed by atoms with Crippen molar-refractivity contribution in [1.82, 2.24) is 9.97 Å². The van der Waals surface area contributed by atoms with Crippen molar-refractivity contribution in [3.8, 4) is 22.3 Å². The Morgan fingerprint density at radius 1 is 0.340 bits per heavy atom. The van der Waals surface area contributed by atoms with Gasteiger partial charge in [-0.2, -0.15) is 0 Å². The molecule has 11 aromatic rings. The van der Waals surface area contributed by atoms with Crippen molar-refractivity contribution < 1.29 is 13.3 Å². The molecule has 0 fully saturated rings. The molecule has 0 N–H and O–H groups in total. The molecule has 11 rings (SSSR count). The number of furan rings is 3. The molecule has 0 unspecified atom stereocenters. The lowest BCUT2D eigenvalue weighted by Gasteiger charge is -2.10. The van der Waals surface area contributed by atoms with Gasteiger partial charge >= 0.3 is 0 Å². The van der Waals surface area contributed by atoms with E-state index in [0.29, 0.717) is 0 Å². The van der Waals surface area contributed by atoms with Crippen LogP contribution < -0.4 is 0 Å². The van der Waals surface area contributed by atoms with Gasteiger partial charge in [0.05, 0.1) is 0 Å². The van der Waals surface area contributed by atoms with Gasteiger partial charge in [0.2, 0.25) is 0 Å². The average molecular weight is 603 g/mol. The summed E-state index contributed by atoms with van der Waals surface area (Å²) in [6, 6.07) is 37.7. The van der Waals surface area contributed by atoms with E-state index in [1.165, 1.54) is 0 Å². The highest BCUT2D eigenvalue weighted by atomic mass is 16.3. The van der Waals surface area contributed by atoms with Crippen LogP contribution >= 0.6 is 0 Å². The van der Waals surface area contributed by atoms with Crippen LogP contribution in [0.4, 0.5) is 0 Å². The first-order valence-corrected chi connectivity index (χ1v) is 15.6. The van der Waals surface area contributed by atoms with E-state index >= 15 is 0 Å². The van der Waals surface area contributed by atoms with Gasteiger partial charge in [0.1, 0.15) is 33.5 Å². The molecule has 0 radical (unpaired) electrons. The second-order valence-electron chi connectivity index (χ2n) is 12.2. The Balaban J connectivity index is 1.20. The van der Waals surface area contributed by atoms with Crippen LogP contribution in [0.15, 0.2) is 147 Å². The van der Waals surface area contributed by atoms with Gasteiger partial charge in [-0.3, -0.25) is 9.97 Å². The van der Waals surface area contributed by atoms with Crippen molar-refractivity contribution >= 4 is 87.4 Å². The highest BCUT2D eigenvalue weighted by Gasteiger charge is 2.20. The average Bonchev–Trinajstić information content (AvgIpc) is 3.81. The van der Waals surface area contributed by atoms with Crippen LogP contribution in [0.25, 0.3) is 110 Å². The minimum absolute atomic E-state index is 0.831. The molecule has 218 valence electrons. The summed E-state index contributed by atoms with van der Waals surface area (Å²) in [6.45, 7) is 0. The normalized spacial score (nSPS) is 12.3. The molecule has 0 aliphatic heterocycles. The Bertz CT molecular complexity index is 2880.